The number of carbonyl (C=O) groups is 2. The fraction of sp³-hybridized carbons (Fsp3) is 0.409. The van der Waals surface area contributed by atoms with E-state index in [1.54, 1.807) is 0 Å². The summed E-state index contributed by atoms with van der Waals surface area (Å²) >= 11 is 0. The van der Waals surface area contributed by atoms with Crippen molar-refractivity contribution in [2.45, 2.75) is 44.4 Å². The van der Waals surface area contributed by atoms with Gasteiger partial charge in [0.25, 0.3) is 0 Å². The van der Waals surface area contributed by atoms with Crippen molar-refractivity contribution in [3.05, 3.63) is 65.5 Å². The highest BCUT2D eigenvalue weighted by atomic mass is 16.2. The summed E-state index contributed by atoms with van der Waals surface area (Å²) in [6.45, 7) is 2.30. The molecule has 3 heterocycles. The summed E-state index contributed by atoms with van der Waals surface area (Å²) in [7, 11) is 0. The molecule has 2 aromatic rings. The number of hydrogen-bond acceptors (Lipinski definition) is 5. The minimum Gasteiger partial charge on any atom is -0.334 e. The van der Waals surface area contributed by atoms with E-state index in [0.29, 0.717) is 6.54 Å². The van der Waals surface area contributed by atoms with E-state index in [9.17, 15) is 9.59 Å². The predicted molar refractivity (Wildman–Crippen MR) is 107 cm³/mol. The Morgan fingerprint density at radius 3 is 2.69 bits per heavy atom. The molecule has 7 nitrogen and oxygen atoms in total. The predicted octanol–water partition coefficient (Wildman–Crippen LogP) is 2.05. The molecule has 0 bridgehead atoms. The average molecular weight is 391 g/mol. The topological polar surface area (TPSA) is 86.4 Å². The molecule has 0 radical (unpaired) electrons. The summed E-state index contributed by atoms with van der Waals surface area (Å²) in [5.41, 5.74) is 9.93. The molecule has 1 aromatic heterocycles. The molecule has 5 rings (SSSR count). The monoisotopic (exact) mass is 391 g/mol. The third-order valence-corrected chi connectivity index (χ3v) is 6.49. The van der Waals surface area contributed by atoms with E-state index >= 15 is 0 Å². The molecule has 3 N–H and O–H groups in total. The zero-order valence-corrected chi connectivity index (χ0v) is 16.3. The molecule has 5 atom stereocenters. The van der Waals surface area contributed by atoms with Gasteiger partial charge in [-0.05, 0) is 48.9 Å². The molecular formula is C22H25N5O2. The fourth-order valence-electron chi connectivity index (χ4n) is 5.05. The van der Waals surface area contributed by atoms with Gasteiger partial charge in [0.15, 0.2) is 0 Å². The second-order valence-corrected chi connectivity index (χ2v) is 8.31. The highest BCUT2D eigenvalue weighted by molar-refractivity contribution is 5.98. The second kappa shape index (κ2) is 7.24. The molecule has 29 heavy (non-hydrogen) atoms. The molecule has 1 aliphatic carbocycles. The summed E-state index contributed by atoms with van der Waals surface area (Å²) < 4.78 is 0. The van der Waals surface area contributed by atoms with Crippen LogP contribution in [0.4, 0.5) is 4.79 Å². The highest BCUT2D eigenvalue weighted by Crippen LogP contribution is 2.42. The normalized spacial score (nSPS) is 31.2. The smallest absolute Gasteiger partial charge is 0.324 e. The Balaban J connectivity index is 1.37. The number of imide groups is 1. The molecule has 0 spiro atoms. The number of nitrogens with zero attached hydrogens (tertiary/aromatic N) is 2. The zero-order chi connectivity index (χ0) is 20.0. The lowest BCUT2D eigenvalue weighted by Gasteiger charge is -2.44. The largest absolute Gasteiger partial charge is 0.334 e. The minimum atomic E-state index is -0.286. The Labute approximate surface area is 169 Å². The van der Waals surface area contributed by atoms with E-state index in [0.717, 1.165) is 24.1 Å². The van der Waals surface area contributed by atoms with Crippen LogP contribution in [0, 0.1) is 18.8 Å². The van der Waals surface area contributed by atoms with E-state index in [2.05, 4.69) is 27.2 Å². The molecule has 3 amide bonds. The van der Waals surface area contributed by atoms with Crippen molar-refractivity contribution in [2.75, 3.05) is 0 Å². The number of fused-ring (bicyclic) bond motifs is 2. The van der Waals surface area contributed by atoms with Crippen LogP contribution in [0.15, 0.2) is 48.7 Å². The van der Waals surface area contributed by atoms with Gasteiger partial charge in [-0.2, -0.15) is 0 Å². The molecule has 2 saturated heterocycles. The summed E-state index contributed by atoms with van der Waals surface area (Å²) in [4.78, 5) is 31.6. The van der Waals surface area contributed by atoms with Crippen LogP contribution in [0.5, 0.6) is 0 Å². The first-order chi connectivity index (χ1) is 14.1. The van der Waals surface area contributed by atoms with Gasteiger partial charge >= 0.3 is 6.03 Å². The molecule has 150 valence electrons. The number of hydrazine groups is 1. The summed E-state index contributed by atoms with van der Waals surface area (Å²) in [5.74, 6) is 0.0398. The van der Waals surface area contributed by atoms with E-state index in [4.69, 9.17) is 0 Å². The lowest BCUT2D eigenvalue weighted by molar-refractivity contribution is -0.137. The van der Waals surface area contributed by atoms with Gasteiger partial charge in [0.05, 0.1) is 18.5 Å². The number of benzene rings is 1. The van der Waals surface area contributed by atoms with Gasteiger partial charge < -0.3 is 5.32 Å². The van der Waals surface area contributed by atoms with Crippen LogP contribution in [-0.2, 0) is 11.3 Å². The van der Waals surface area contributed by atoms with Gasteiger partial charge in [0, 0.05) is 24.0 Å². The molecule has 5 unspecified atom stereocenters. The quantitative estimate of drug-likeness (QED) is 0.746. The van der Waals surface area contributed by atoms with Crippen LogP contribution in [0.25, 0.3) is 0 Å². The Morgan fingerprint density at radius 1 is 1.07 bits per heavy atom. The molecular weight excluding hydrogens is 366 g/mol. The number of nitrogens with one attached hydrogen (secondary N) is 3. The third kappa shape index (κ3) is 3.30. The van der Waals surface area contributed by atoms with Crippen molar-refractivity contribution in [3.63, 3.8) is 0 Å². The Bertz CT molecular complexity index is 934. The van der Waals surface area contributed by atoms with Gasteiger partial charge in [0.1, 0.15) is 0 Å². The number of carbonyl (C=O) groups excluding carboxylic acids is 2. The number of hydrogen-bond donors (Lipinski definition) is 3. The van der Waals surface area contributed by atoms with Crippen LogP contribution < -0.4 is 16.2 Å². The lowest BCUT2D eigenvalue weighted by atomic mass is 9.71. The highest BCUT2D eigenvalue weighted by Gasteiger charge is 2.51. The first-order valence-corrected chi connectivity index (χ1v) is 10.2. The molecule has 1 saturated carbocycles. The maximum Gasteiger partial charge on any atom is 0.324 e. The standard InChI is InChI=1S/C22H25N5O2/c1-13-9-15(7-8-23-13)20-16-10-17-18(11-19(16)25-26-20)24-22(29)27(21(17)28)12-14-5-3-2-4-6-14/h2-9,16-20,25-26H,10-12H2,1H3,(H,24,29). The lowest BCUT2D eigenvalue weighted by Crippen LogP contribution is -2.63. The maximum atomic E-state index is 13.3. The summed E-state index contributed by atoms with van der Waals surface area (Å²) in [6, 6.07) is 13.7. The molecule has 7 heteroatoms. The van der Waals surface area contributed by atoms with Crippen molar-refractivity contribution in [2.24, 2.45) is 11.8 Å². The van der Waals surface area contributed by atoms with Gasteiger partial charge in [0.2, 0.25) is 5.91 Å². The summed E-state index contributed by atoms with van der Waals surface area (Å²) in [5, 5.41) is 3.08. The molecule has 3 aliphatic rings. The Morgan fingerprint density at radius 2 is 1.90 bits per heavy atom. The van der Waals surface area contributed by atoms with Crippen molar-refractivity contribution in [3.8, 4) is 0 Å². The van der Waals surface area contributed by atoms with E-state index < -0.39 is 0 Å². The van der Waals surface area contributed by atoms with Crippen molar-refractivity contribution in [1.29, 1.82) is 0 Å². The van der Waals surface area contributed by atoms with Crippen molar-refractivity contribution >= 4 is 11.9 Å². The minimum absolute atomic E-state index is 0.0578. The van der Waals surface area contributed by atoms with Crippen LogP contribution in [0.1, 0.15) is 35.7 Å². The van der Waals surface area contributed by atoms with Crippen LogP contribution >= 0.6 is 0 Å². The van der Waals surface area contributed by atoms with Crippen LogP contribution in [0.2, 0.25) is 0 Å². The van der Waals surface area contributed by atoms with Crippen LogP contribution in [-0.4, -0.2) is 33.9 Å². The molecule has 3 fully saturated rings. The van der Waals surface area contributed by atoms with E-state index in [1.165, 1.54) is 10.5 Å². The van der Waals surface area contributed by atoms with Gasteiger partial charge in [-0.25, -0.2) is 10.2 Å². The van der Waals surface area contributed by atoms with Gasteiger partial charge in [-0.3, -0.25) is 20.1 Å². The number of pyridine rings is 1. The van der Waals surface area contributed by atoms with Crippen molar-refractivity contribution < 1.29 is 9.59 Å². The number of rotatable bonds is 3. The Hall–Kier alpha value is -2.77. The van der Waals surface area contributed by atoms with Crippen LogP contribution in [0.3, 0.4) is 0 Å². The number of urea groups is 1. The molecule has 1 aromatic carbocycles. The average Bonchev–Trinajstić information content (AvgIpc) is 3.13. The number of aryl methyl sites for hydroxylation is 1. The Kier molecular flexibility index (Phi) is 4.56. The first-order valence-electron chi connectivity index (χ1n) is 10.2. The van der Waals surface area contributed by atoms with Gasteiger partial charge in [-0.15, -0.1) is 0 Å². The number of amides is 3. The zero-order valence-electron chi connectivity index (χ0n) is 16.3. The van der Waals surface area contributed by atoms with Crippen molar-refractivity contribution in [1.82, 2.24) is 26.1 Å². The second-order valence-electron chi connectivity index (χ2n) is 8.31. The maximum absolute atomic E-state index is 13.3. The van der Waals surface area contributed by atoms with E-state index in [1.807, 2.05) is 49.5 Å². The third-order valence-electron chi connectivity index (χ3n) is 6.49. The summed E-state index contributed by atoms with van der Waals surface area (Å²) in [6.07, 6.45) is 3.32. The first kappa shape index (κ1) is 18.3. The SMILES string of the molecule is Cc1cc(C2NNC3CC4NC(=O)N(Cc5ccccc5)C(=O)C4CC32)ccn1. The fourth-order valence-corrected chi connectivity index (χ4v) is 5.05. The van der Waals surface area contributed by atoms with E-state index in [-0.39, 0.29) is 41.9 Å². The molecule has 2 aliphatic heterocycles. The number of aromatic nitrogens is 1. The van der Waals surface area contributed by atoms with Gasteiger partial charge in [-0.1, -0.05) is 30.3 Å².